The van der Waals surface area contributed by atoms with Gasteiger partial charge in [-0.05, 0) is 29.8 Å². The highest BCUT2D eigenvalue weighted by Gasteiger charge is 2.17. The summed E-state index contributed by atoms with van der Waals surface area (Å²) >= 11 is 4.48. The molecule has 0 saturated heterocycles. The number of aromatic nitrogens is 2. The molecule has 1 aromatic heterocycles. The van der Waals surface area contributed by atoms with Crippen molar-refractivity contribution in [2.75, 3.05) is 0 Å². The largest absolute Gasteiger partial charge is 0.411 e. The van der Waals surface area contributed by atoms with Gasteiger partial charge in [0.2, 0.25) is 5.89 Å². The first-order chi connectivity index (χ1) is 12.4. The third kappa shape index (κ3) is 4.24. The van der Waals surface area contributed by atoms with Crippen LogP contribution in [0.25, 0.3) is 11.5 Å². The van der Waals surface area contributed by atoms with Gasteiger partial charge in [-0.25, -0.2) is 0 Å². The van der Waals surface area contributed by atoms with Gasteiger partial charge in [-0.3, -0.25) is 20.2 Å². The standard InChI is InChI=1S/C15H9BrN4O5S/c16-11-3-1-10(2-4-11)14-17-18-15(25-14)26-8-9-5-12(19(21)22)7-13(6-9)20(23)24/h1-7H,8H2. The summed E-state index contributed by atoms with van der Waals surface area (Å²) in [6.07, 6.45) is 0. The third-order valence-corrected chi connectivity index (χ3v) is 4.66. The number of nitro benzene ring substituents is 2. The molecule has 0 aliphatic rings. The lowest BCUT2D eigenvalue weighted by Gasteiger charge is -2.00. The van der Waals surface area contributed by atoms with Crippen molar-refractivity contribution in [3.8, 4) is 11.5 Å². The Kier molecular flexibility index (Phi) is 5.28. The van der Waals surface area contributed by atoms with Crippen LogP contribution in [0.4, 0.5) is 11.4 Å². The molecule has 0 saturated carbocycles. The van der Waals surface area contributed by atoms with Crippen LogP contribution in [0.3, 0.4) is 0 Å². The number of benzene rings is 2. The zero-order chi connectivity index (χ0) is 18.7. The van der Waals surface area contributed by atoms with Gasteiger partial charge in [-0.15, -0.1) is 10.2 Å². The highest BCUT2D eigenvalue weighted by molar-refractivity contribution is 9.10. The van der Waals surface area contributed by atoms with Crippen molar-refractivity contribution in [3.63, 3.8) is 0 Å². The topological polar surface area (TPSA) is 125 Å². The van der Waals surface area contributed by atoms with Crippen LogP contribution >= 0.6 is 27.7 Å². The van der Waals surface area contributed by atoms with Gasteiger partial charge in [-0.1, -0.05) is 27.7 Å². The second kappa shape index (κ2) is 7.62. The lowest BCUT2D eigenvalue weighted by molar-refractivity contribution is -0.394. The average Bonchev–Trinajstić information content (AvgIpc) is 3.09. The molecule has 3 aromatic rings. The normalized spacial score (nSPS) is 10.7. The van der Waals surface area contributed by atoms with E-state index in [0.717, 1.165) is 27.9 Å². The van der Waals surface area contributed by atoms with Crippen molar-refractivity contribution < 1.29 is 14.3 Å². The molecule has 0 N–H and O–H groups in total. The Labute approximate surface area is 158 Å². The van der Waals surface area contributed by atoms with E-state index in [-0.39, 0.29) is 22.4 Å². The number of hydrogen-bond acceptors (Lipinski definition) is 8. The van der Waals surface area contributed by atoms with Gasteiger partial charge in [-0.2, -0.15) is 0 Å². The second-order valence-corrected chi connectivity index (χ2v) is 6.88. The molecule has 2 aromatic carbocycles. The highest BCUT2D eigenvalue weighted by atomic mass is 79.9. The number of nitrogens with zero attached hydrogens (tertiary/aromatic N) is 4. The molecule has 26 heavy (non-hydrogen) atoms. The van der Waals surface area contributed by atoms with Gasteiger partial charge in [0.05, 0.1) is 15.9 Å². The molecule has 3 rings (SSSR count). The van der Waals surface area contributed by atoms with Crippen molar-refractivity contribution in [2.24, 2.45) is 0 Å². The quantitative estimate of drug-likeness (QED) is 0.311. The first-order valence-corrected chi connectivity index (χ1v) is 8.85. The molecule has 0 radical (unpaired) electrons. The lowest BCUT2D eigenvalue weighted by Crippen LogP contribution is -1.95. The van der Waals surface area contributed by atoms with Crippen molar-refractivity contribution >= 4 is 39.1 Å². The summed E-state index contributed by atoms with van der Waals surface area (Å²) in [6, 6.07) is 10.8. The molecule has 0 amide bonds. The van der Waals surface area contributed by atoms with E-state index >= 15 is 0 Å². The summed E-state index contributed by atoms with van der Waals surface area (Å²) in [5.74, 6) is 0.551. The van der Waals surface area contributed by atoms with Gasteiger partial charge >= 0.3 is 0 Å². The van der Waals surface area contributed by atoms with E-state index in [9.17, 15) is 20.2 Å². The Morgan fingerprint density at radius 1 is 1.00 bits per heavy atom. The molecule has 0 spiro atoms. The van der Waals surface area contributed by atoms with Crippen LogP contribution in [0, 0.1) is 20.2 Å². The molecule has 0 bridgehead atoms. The maximum absolute atomic E-state index is 10.9. The van der Waals surface area contributed by atoms with Crippen LogP contribution in [0.5, 0.6) is 0 Å². The van der Waals surface area contributed by atoms with E-state index in [1.807, 2.05) is 24.3 Å². The van der Waals surface area contributed by atoms with Gasteiger partial charge in [0.25, 0.3) is 16.6 Å². The molecule has 0 unspecified atom stereocenters. The minimum absolute atomic E-state index is 0.213. The van der Waals surface area contributed by atoms with Gasteiger partial charge in [0.15, 0.2) is 0 Å². The van der Waals surface area contributed by atoms with Crippen molar-refractivity contribution in [3.05, 3.63) is 72.7 Å². The average molecular weight is 437 g/mol. The maximum Gasteiger partial charge on any atom is 0.277 e. The molecule has 0 fully saturated rings. The molecule has 0 aliphatic carbocycles. The van der Waals surface area contributed by atoms with Gasteiger partial charge < -0.3 is 4.42 Å². The molecule has 9 nitrogen and oxygen atoms in total. The predicted octanol–water partition coefficient (Wildman–Crippen LogP) is 4.61. The van der Waals surface area contributed by atoms with E-state index in [1.165, 1.54) is 12.1 Å². The first kappa shape index (κ1) is 18.0. The van der Waals surface area contributed by atoms with E-state index < -0.39 is 9.85 Å². The minimum atomic E-state index is -0.667. The molecule has 11 heteroatoms. The molecular formula is C15H9BrN4O5S. The summed E-state index contributed by atoms with van der Waals surface area (Å²) in [6.45, 7) is 0. The summed E-state index contributed by atoms with van der Waals surface area (Å²) in [7, 11) is 0. The predicted molar refractivity (Wildman–Crippen MR) is 96.7 cm³/mol. The summed E-state index contributed by atoms with van der Waals surface area (Å²) in [4.78, 5) is 20.5. The van der Waals surface area contributed by atoms with Gasteiger partial charge in [0.1, 0.15) is 0 Å². The number of halogens is 1. The molecule has 0 aliphatic heterocycles. The van der Waals surface area contributed by atoms with E-state index in [1.54, 1.807) is 0 Å². The SMILES string of the molecule is O=[N+]([O-])c1cc(CSc2nnc(-c3ccc(Br)cc3)o2)cc([N+](=O)[O-])c1. The monoisotopic (exact) mass is 436 g/mol. The number of non-ortho nitro benzene ring substituents is 2. The van der Waals surface area contributed by atoms with Crippen LogP contribution < -0.4 is 0 Å². The highest BCUT2D eigenvalue weighted by Crippen LogP contribution is 2.29. The lowest BCUT2D eigenvalue weighted by atomic mass is 10.2. The zero-order valence-corrected chi connectivity index (χ0v) is 15.3. The Bertz CT molecular complexity index is 944. The van der Waals surface area contributed by atoms with Gasteiger partial charge in [0, 0.05) is 27.9 Å². The molecular weight excluding hydrogens is 428 g/mol. The smallest absolute Gasteiger partial charge is 0.277 e. The number of rotatable bonds is 6. The molecule has 0 atom stereocenters. The van der Waals surface area contributed by atoms with Crippen molar-refractivity contribution in [1.29, 1.82) is 0 Å². The second-order valence-electron chi connectivity index (χ2n) is 5.04. The van der Waals surface area contributed by atoms with E-state index in [2.05, 4.69) is 26.1 Å². The maximum atomic E-state index is 10.9. The summed E-state index contributed by atoms with van der Waals surface area (Å²) in [5.41, 5.74) is 0.490. The number of thioether (sulfide) groups is 1. The molecule has 132 valence electrons. The third-order valence-electron chi connectivity index (χ3n) is 3.24. The fraction of sp³-hybridized carbons (Fsp3) is 0.0667. The van der Waals surface area contributed by atoms with Crippen molar-refractivity contribution in [1.82, 2.24) is 10.2 Å². The molecule has 1 heterocycles. The van der Waals surface area contributed by atoms with Crippen LogP contribution in [0.2, 0.25) is 0 Å². The Morgan fingerprint density at radius 2 is 1.62 bits per heavy atom. The Balaban J connectivity index is 1.76. The summed E-state index contributed by atoms with van der Waals surface area (Å²) < 4.78 is 6.46. The fourth-order valence-corrected chi connectivity index (χ4v) is 3.03. The number of nitro groups is 2. The Morgan fingerprint density at radius 3 is 2.19 bits per heavy atom. The van der Waals surface area contributed by atoms with Crippen LogP contribution in [0.15, 0.2) is 56.6 Å². The minimum Gasteiger partial charge on any atom is -0.411 e. The number of hydrogen-bond donors (Lipinski definition) is 0. The summed E-state index contributed by atoms with van der Waals surface area (Å²) in [5, 5.41) is 30.0. The van der Waals surface area contributed by atoms with E-state index in [4.69, 9.17) is 4.42 Å². The van der Waals surface area contributed by atoms with Crippen LogP contribution in [0.1, 0.15) is 5.56 Å². The zero-order valence-electron chi connectivity index (χ0n) is 12.9. The van der Waals surface area contributed by atoms with Crippen LogP contribution in [-0.4, -0.2) is 20.0 Å². The fourth-order valence-electron chi connectivity index (χ4n) is 2.07. The van der Waals surface area contributed by atoms with Crippen LogP contribution in [-0.2, 0) is 5.75 Å². The Hall–Kier alpha value is -2.79. The van der Waals surface area contributed by atoms with E-state index in [0.29, 0.717) is 11.5 Å². The van der Waals surface area contributed by atoms with Crippen molar-refractivity contribution in [2.45, 2.75) is 11.0 Å². The first-order valence-electron chi connectivity index (χ1n) is 7.07.